The van der Waals surface area contributed by atoms with E-state index in [1.165, 1.54) is 12.8 Å². The molecule has 0 unspecified atom stereocenters. The Hall–Kier alpha value is -1.43. The highest BCUT2D eigenvalue weighted by molar-refractivity contribution is 9.10. The van der Waals surface area contributed by atoms with Crippen molar-refractivity contribution in [2.24, 2.45) is 0 Å². The van der Waals surface area contributed by atoms with Crippen molar-refractivity contribution >= 4 is 33.4 Å². The van der Waals surface area contributed by atoms with E-state index in [0.717, 1.165) is 28.1 Å². The third-order valence-corrected chi connectivity index (χ3v) is 5.05. The fourth-order valence-electron chi connectivity index (χ4n) is 3.06. The number of benzene rings is 1. The summed E-state index contributed by atoms with van der Waals surface area (Å²) in [5.74, 6) is -0.125. The van der Waals surface area contributed by atoms with Crippen molar-refractivity contribution in [3.05, 3.63) is 63.3 Å². The molecule has 1 amide bonds. The number of hydrogen-bond acceptors (Lipinski definition) is 3. The molecule has 0 bridgehead atoms. The van der Waals surface area contributed by atoms with Crippen molar-refractivity contribution in [3.8, 4) is 0 Å². The molecule has 0 aliphatic carbocycles. The van der Waals surface area contributed by atoms with Crippen LogP contribution in [0.15, 0.2) is 47.2 Å². The number of hydrogen-bond donors (Lipinski definition) is 1. The minimum Gasteiger partial charge on any atom is -0.350 e. The summed E-state index contributed by atoms with van der Waals surface area (Å²) in [6, 6.07) is 9.72. The summed E-state index contributed by atoms with van der Waals surface area (Å²) in [5, 5.41) is 3.77. The third-order valence-electron chi connectivity index (χ3n) is 4.27. The van der Waals surface area contributed by atoms with Gasteiger partial charge < -0.3 is 5.32 Å². The Bertz CT molecular complexity index is 719. The van der Waals surface area contributed by atoms with Crippen LogP contribution < -0.4 is 5.32 Å². The topological polar surface area (TPSA) is 45.2 Å². The number of pyridine rings is 1. The molecular formula is C18H19BrClN3O. The van der Waals surface area contributed by atoms with Gasteiger partial charge >= 0.3 is 0 Å². The molecule has 2 aromatic rings. The predicted octanol–water partition coefficient (Wildman–Crippen LogP) is 4.06. The Morgan fingerprint density at radius 3 is 2.75 bits per heavy atom. The van der Waals surface area contributed by atoms with Crippen LogP contribution in [0.3, 0.4) is 0 Å². The number of halogens is 2. The number of nitrogens with zero attached hydrogens (tertiary/aromatic N) is 2. The maximum absolute atomic E-state index is 12.4. The molecule has 0 radical (unpaired) electrons. The van der Waals surface area contributed by atoms with Gasteiger partial charge in [0.25, 0.3) is 5.91 Å². The van der Waals surface area contributed by atoms with Gasteiger partial charge in [0.1, 0.15) is 0 Å². The molecule has 2 heterocycles. The fraction of sp³-hybridized carbons (Fsp3) is 0.333. The van der Waals surface area contributed by atoms with Gasteiger partial charge in [0.2, 0.25) is 0 Å². The lowest BCUT2D eigenvalue weighted by molar-refractivity contribution is 0.0937. The average molecular weight is 409 g/mol. The van der Waals surface area contributed by atoms with Gasteiger partial charge in [-0.1, -0.05) is 29.8 Å². The van der Waals surface area contributed by atoms with E-state index >= 15 is 0 Å². The van der Waals surface area contributed by atoms with Crippen LogP contribution in [-0.2, 0) is 0 Å². The van der Waals surface area contributed by atoms with Gasteiger partial charge in [-0.25, -0.2) is 0 Å². The van der Waals surface area contributed by atoms with Crippen LogP contribution in [-0.4, -0.2) is 35.4 Å². The quantitative estimate of drug-likeness (QED) is 0.811. The van der Waals surface area contributed by atoms with Gasteiger partial charge in [0.15, 0.2) is 0 Å². The highest BCUT2D eigenvalue weighted by atomic mass is 79.9. The molecule has 1 N–H and O–H groups in total. The van der Waals surface area contributed by atoms with E-state index in [9.17, 15) is 4.79 Å². The molecule has 0 spiro atoms. The molecule has 6 heteroatoms. The minimum atomic E-state index is -0.125. The van der Waals surface area contributed by atoms with Crippen molar-refractivity contribution < 1.29 is 4.79 Å². The first-order valence-electron chi connectivity index (χ1n) is 8.02. The average Bonchev–Trinajstić information content (AvgIpc) is 3.11. The zero-order valence-electron chi connectivity index (χ0n) is 13.2. The lowest BCUT2D eigenvalue weighted by atomic mass is 10.1. The first kappa shape index (κ1) is 17.4. The Balaban J connectivity index is 1.75. The molecular weight excluding hydrogens is 390 g/mol. The number of aromatic nitrogens is 1. The molecule has 1 aliphatic rings. The van der Waals surface area contributed by atoms with Crippen LogP contribution in [0.2, 0.25) is 5.02 Å². The predicted molar refractivity (Wildman–Crippen MR) is 99.3 cm³/mol. The van der Waals surface area contributed by atoms with Gasteiger partial charge in [0.05, 0.1) is 11.6 Å². The van der Waals surface area contributed by atoms with E-state index in [1.54, 1.807) is 18.5 Å². The SMILES string of the molecule is O=C(NC[C@H](c1ccccc1Cl)N1CCCC1)c1cncc(Br)c1. The number of rotatable bonds is 5. The Labute approximate surface area is 155 Å². The van der Waals surface area contributed by atoms with Gasteiger partial charge in [-0.2, -0.15) is 0 Å². The number of nitrogens with one attached hydrogen (secondary N) is 1. The number of carbonyl (C=O) groups is 1. The summed E-state index contributed by atoms with van der Waals surface area (Å²) < 4.78 is 0.789. The Morgan fingerprint density at radius 1 is 1.29 bits per heavy atom. The smallest absolute Gasteiger partial charge is 0.252 e. The van der Waals surface area contributed by atoms with Crippen molar-refractivity contribution in [2.75, 3.05) is 19.6 Å². The van der Waals surface area contributed by atoms with E-state index in [0.29, 0.717) is 12.1 Å². The zero-order valence-corrected chi connectivity index (χ0v) is 15.6. The van der Waals surface area contributed by atoms with Gasteiger partial charge in [-0.15, -0.1) is 0 Å². The molecule has 1 aromatic heterocycles. The molecule has 126 valence electrons. The van der Waals surface area contributed by atoms with E-state index in [1.807, 2.05) is 24.3 Å². The fourth-order valence-corrected chi connectivity index (χ4v) is 3.69. The number of likely N-dealkylation sites (tertiary alicyclic amines) is 1. The molecule has 1 saturated heterocycles. The second-order valence-corrected chi connectivity index (χ2v) is 7.21. The molecule has 1 aliphatic heterocycles. The highest BCUT2D eigenvalue weighted by Crippen LogP contribution is 2.29. The lowest BCUT2D eigenvalue weighted by Gasteiger charge is -2.29. The summed E-state index contributed by atoms with van der Waals surface area (Å²) in [6.07, 6.45) is 5.60. The first-order chi connectivity index (χ1) is 11.6. The van der Waals surface area contributed by atoms with Crippen molar-refractivity contribution in [2.45, 2.75) is 18.9 Å². The van der Waals surface area contributed by atoms with Crippen LogP contribution in [0.5, 0.6) is 0 Å². The normalized spacial score (nSPS) is 16.1. The standard InChI is InChI=1S/C18H19BrClN3O/c19-14-9-13(10-21-11-14)18(24)22-12-17(23-7-3-4-8-23)15-5-1-2-6-16(15)20/h1-2,5-6,9-11,17H,3-4,7-8,12H2,(H,22,24)/t17-/m1/s1. The van der Waals surface area contributed by atoms with Gasteiger partial charge in [-0.05, 0) is 59.6 Å². The molecule has 0 saturated carbocycles. The van der Waals surface area contributed by atoms with E-state index in [2.05, 4.69) is 31.1 Å². The molecule has 4 nitrogen and oxygen atoms in total. The van der Waals surface area contributed by atoms with Crippen LogP contribution in [0.1, 0.15) is 34.8 Å². The molecule has 1 aromatic carbocycles. The van der Waals surface area contributed by atoms with Crippen molar-refractivity contribution in [3.63, 3.8) is 0 Å². The maximum atomic E-state index is 12.4. The second kappa shape index (κ2) is 8.10. The van der Waals surface area contributed by atoms with E-state index < -0.39 is 0 Å². The Kier molecular flexibility index (Phi) is 5.87. The van der Waals surface area contributed by atoms with E-state index in [-0.39, 0.29) is 11.9 Å². The Morgan fingerprint density at radius 2 is 2.04 bits per heavy atom. The van der Waals surface area contributed by atoms with Crippen LogP contribution >= 0.6 is 27.5 Å². The second-order valence-electron chi connectivity index (χ2n) is 5.88. The first-order valence-corrected chi connectivity index (χ1v) is 9.19. The zero-order chi connectivity index (χ0) is 16.9. The number of carbonyl (C=O) groups excluding carboxylic acids is 1. The summed E-state index contributed by atoms with van der Waals surface area (Å²) in [5.41, 5.74) is 1.61. The number of amides is 1. The van der Waals surface area contributed by atoms with Gasteiger partial charge in [-0.3, -0.25) is 14.7 Å². The third kappa shape index (κ3) is 4.15. The maximum Gasteiger partial charge on any atom is 0.252 e. The summed E-state index contributed by atoms with van der Waals surface area (Å²) in [4.78, 5) is 18.8. The van der Waals surface area contributed by atoms with Gasteiger partial charge in [0, 0.05) is 28.4 Å². The minimum absolute atomic E-state index is 0.0882. The summed E-state index contributed by atoms with van der Waals surface area (Å²) in [6.45, 7) is 2.59. The van der Waals surface area contributed by atoms with Crippen LogP contribution in [0.4, 0.5) is 0 Å². The summed E-state index contributed by atoms with van der Waals surface area (Å²) in [7, 11) is 0. The monoisotopic (exact) mass is 407 g/mol. The highest BCUT2D eigenvalue weighted by Gasteiger charge is 2.25. The largest absolute Gasteiger partial charge is 0.350 e. The van der Waals surface area contributed by atoms with E-state index in [4.69, 9.17) is 11.6 Å². The van der Waals surface area contributed by atoms with Crippen LogP contribution in [0, 0.1) is 0 Å². The summed E-state index contributed by atoms with van der Waals surface area (Å²) >= 11 is 9.74. The van der Waals surface area contributed by atoms with Crippen LogP contribution in [0.25, 0.3) is 0 Å². The molecule has 3 rings (SSSR count). The lowest BCUT2D eigenvalue weighted by Crippen LogP contribution is -2.37. The molecule has 1 atom stereocenters. The molecule has 1 fully saturated rings. The van der Waals surface area contributed by atoms with Crippen molar-refractivity contribution in [1.82, 2.24) is 15.2 Å². The molecule has 24 heavy (non-hydrogen) atoms. The van der Waals surface area contributed by atoms with Crippen molar-refractivity contribution in [1.29, 1.82) is 0 Å².